The van der Waals surface area contributed by atoms with Crippen LogP contribution in [0.3, 0.4) is 0 Å². The van der Waals surface area contributed by atoms with Gasteiger partial charge in [-0.25, -0.2) is 0 Å². The molecule has 31 heavy (non-hydrogen) atoms. The summed E-state index contributed by atoms with van der Waals surface area (Å²) in [6, 6.07) is 13.3. The highest BCUT2D eigenvalue weighted by Gasteiger charge is 2.32. The van der Waals surface area contributed by atoms with Gasteiger partial charge in [0, 0.05) is 38.1 Å². The average Bonchev–Trinajstić information content (AvgIpc) is 3.49. The molecule has 2 aromatic rings. The third kappa shape index (κ3) is 4.83. The van der Waals surface area contributed by atoms with E-state index in [9.17, 15) is 4.79 Å². The van der Waals surface area contributed by atoms with Gasteiger partial charge < -0.3 is 9.64 Å². The number of aromatic nitrogens is 1. The topological polar surface area (TPSA) is 45.7 Å². The molecule has 2 saturated heterocycles. The number of benzene rings is 1. The highest BCUT2D eigenvalue weighted by atomic mass is 16.5. The van der Waals surface area contributed by atoms with Crippen LogP contribution < -0.4 is 0 Å². The molecule has 2 fully saturated rings. The van der Waals surface area contributed by atoms with Crippen molar-refractivity contribution in [1.29, 1.82) is 0 Å². The van der Waals surface area contributed by atoms with Gasteiger partial charge >= 0.3 is 0 Å². The van der Waals surface area contributed by atoms with E-state index in [1.807, 2.05) is 17.0 Å². The number of hydrogen-bond donors (Lipinski definition) is 0. The zero-order chi connectivity index (χ0) is 21.0. The molecule has 3 aliphatic rings. The van der Waals surface area contributed by atoms with E-state index in [0.29, 0.717) is 24.1 Å². The minimum absolute atomic E-state index is 0.0947. The molecule has 1 aliphatic carbocycles. The third-order valence-corrected chi connectivity index (χ3v) is 7.32. The van der Waals surface area contributed by atoms with Crippen LogP contribution in [0.2, 0.25) is 0 Å². The highest BCUT2D eigenvalue weighted by Crippen LogP contribution is 2.29. The van der Waals surface area contributed by atoms with Gasteiger partial charge in [0.1, 0.15) is 0 Å². The number of piperidine rings is 1. The summed E-state index contributed by atoms with van der Waals surface area (Å²) in [5.41, 5.74) is 3.74. The van der Waals surface area contributed by atoms with Gasteiger partial charge in [-0.1, -0.05) is 24.3 Å². The molecule has 1 aromatic heterocycles. The number of carbonyl (C=O) groups is 1. The van der Waals surface area contributed by atoms with Crippen molar-refractivity contribution in [3.05, 3.63) is 65.5 Å². The summed E-state index contributed by atoms with van der Waals surface area (Å²) in [5, 5.41) is 0. The van der Waals surface area contributed by atoms with Gasteiger partial charge in [0.05, 0.1) is 11.7 Å². The average molecular weight is 420 g/mol. The fraction of sp³-hybridized carbons (Fsp3) is 0.538. The maximum atomic E-state index is 13.2. The number of hydrogen-bond acceptors (Lipinski definition) is 4. The Balaban J connectivity index is 1.19. The van der Waals surface area contributed by atoms with Gasteiger partial charge in [0.15, 0.2) is 0 Å². The Morgan fingerprint density at radius 3 is 2.45 bits per heavy atom. The number of amides is 1. The summed E-state index contributed by atoms with van der Waals surface area (Å²) in [7, 11) is 0. The minimum atomic E-state index is 0.0947. The summed E-state index contributed by atoms with van der Waals surface area (Å²) in [5.74, 6) is 0.652. The molecule has 2 aliphatic heterocycles. The Morgan fingerprint density at radius 1 is 1.03 bits per heavy atom. The minimum Gasteiger partial charge on any atom is -0.376 e. The lowest BCUT2D eigenvalue weighted by atomic mass is 9.94. The molecule has 0 bridgehead atoms. The molecular formula is C26H33N3O2. The number of rotatable bonds is 6. The molecule has 1 amide bonds. The molecule has 1 aromatic carbocycles. The lowest BCUT2D eigenvalue weighted by Gasteiger charge is -2.38. The molecule has 0 N–H and O–H groups in total. The van der Waals surface area contributed by atoms with Crippen molar-refractivity contribution in [2.75, 3.05) is 32.8 Å². The molecular weight excluding hydrogens is 386 g/mol. The Bertz CT molecular complexity index is 848. The summed E-state index contributed by atoms with van der Waals surface area (Å²) in [6.07, 6.45) is 10.4. The van der Waals surface area contributed by atoms with E-state index < -0.39 is 0 Å². The lowest BCUT2D eigenvalue weighted by molar-refractivity contribution is 0.0429. The van der Waals surface area contributed by atoms with Crippen LogP contribution in [-0.2, 0) is 17.6 Å². The smallest absolute Gasteiger partial charge is 0.255 e. The zero-order valence-corrected chi connectivity index (χ0v) is 18.3. The molecule has 5 rings (SSSR count). The third-order valence-electron chi connectivity index (χ3n) is 7.32. The predicted molar refractivity (Wildman–Crippen MR) is 121 cm³/mol. The molecule has 1 atom stereocenters. The number of carbonyl (C=O) groups excluding carboxylic acids is 1. The second kappa shape index (κ2) is 9.49. The van der Waals surface area contributed by atoms with E-state index in [4.69, 9.17) is 4.74 Å². The van der Waals surface area contributed by atoms with Gasteiger partial charge in [0.25, 0.3) is 5.91 Å². The van der Waals surface area contributed by atoms with Crippen LogP contribution in [-0.4, -0.2) is 65.6 Å². The van der Waals surface area contributed by atoms with Crippen LogP contribution in [0.5, 0.6) is 0 Å². The Labute approximate surface area is 185 Å². The molecule has 164 valence electrons. The fourth-order valence-electron chi connectivity index (χ4n) is 5.55. The molecule has 3 heterocycles. The Morgan fingerprint density at radius 2 is 1.81 bits per heavy atom. The maximum absolute atomic E-state index is 13.2. The molecule has 5 heteroatoms. The van der Waals surface area contributed by atoms with E-state index in [-0.39, 0.29) is 12.0 Å². The van der Waals surface area contributed by atoms with Crippen molar-refractivity contribution in [1.82, 2.24) is 14.8 Å². The SMILES string of the molecule is O=C(c1cccnc1)N(CC1CCN(C2Cc3ccccc3C2)CC1)CC1CCCO1. The van der Waals surface area contributed by atoms with Crippen molar-refractivity contribution in [2.24, 2.45) is 5.92 Å². The monoisotopic (exact) mass is 419 g/mol. The summed E-state index contributed by atoms with van der Waals surface area (Å²) in [6.45, 7) is 4.62. The number of likely N-dealkylation sites (tertiary alicyclic amines) is 1. The normalized spacial score (nSPS) is 22.5. The van der Waals surface area contributed by atoms with E-state index in [2.05, 4.69) is 34.1 Å². The van der Waals surface area contributed by atoms with Gasteiger partial charge in [0.2, 0.25) is 0 Å². The van der Waals surface area contributed by atoms with E-state index in [1.54, 1.807) is 12.4 Å². The van der Waals surface area contributed by atoms with Crippen molar-refractivity contribution in [3.8, 4) is 0 Å². The van der Waals surface area contributed by atoms with Crippen molar-refractivity contribution >= 4 is 5.91 Å². The number of fused-ring (bicyclic) bond motifs is 1. The molecule has 1 unspecified atom stereocenters. The van der Waals surface area contributed by atoms with Crippen LogP contribution in [0, 0.1) is 5.92 Å². The number of pyridine rings is 1. The van der Waals surface area contributed by atoms with Gasteiger partial charge in [-0.05, 0) is 80.8 Å². The predicted octanol–water partition coefficient (Wildman–Crippen LogP) is 3.58. The number of nitrogens with zero attached hydrogens (tertiary/aromatic N) is 3. The van der Waals surface area contributed by atoms with Crippen LogP contribution in [0.1, 0.15) is 47.2 Å². The van der Waals surface area contributed by atoms with Crippen LogP contribution in [0.15, 0.2) is 48.8 Å². The van der Waals surface area contributed by atoms with E-state index in [1.165, 1.54) is 24.0 Å². The van der Waals surface area contributed by atoms with Crippen LogP contribution in [0.25, 0.3) is 0 Å². The van der Waals surface area contributed by atoms with Crippen molar-refractivity contribution in [2.45, 2.75) is 50.7 Å². The molecule has 0 saturated carbocycles. The first-order valence-electron chi connectivity index (χ1n) is 11.9. The van der Waals surface area contributed by atoms with Gasteiger partial charge in [-0.15, -0.1) is 0 Å². The largest absolute Gasteiger partial charge is 0.376 e. The second-order valence-electron chi connectivity index (χ2n) is 9.40. The van der Waals surface area contributed by atoms with Gasteiger partial charge in [-0.2, -0.15) is 0 Å². The number of ether oxygens (including phenoxy) is 1. The van der Waals surface area contributed by atoms with E-state index in [0.717, 1.165) is 51.9 Å². The quantitative estimate of drug-likeness (QED) is 0.718. The molecule has 5 nitrogen and oxygen atoms in total. The first-order valence-corrected chi connectivity index (χ1v) is 11.9. The molecule has 0 spiro atoms. The summed E-state index contributed by atoms with van der Waals surface area (Å²) >= 11 is 0. The standard InChI is InChI=1S/C26H33N3O2/c30-26(23-7-3-11-27-17-23)29(19-25-8-4-14-31-25)18-20-9-12-28(13-10-20)24-15-21-5-1-2-6-22(21)16-24/h1-3,5-7,11,17,20,24-25H,4,8-10,12-16,18-19H2. The summed E-state index contributed by atoms with van der Waals surface area (Å²) < 4.78 is 5.86. The van der Waals surface area contributed by atoms with Crippen molar-refractivity contribution in [3.63, 3.8) is 0 Å². The maximum Gasteiger partial charge on any atom is 0.255 e. The zero-order valence-electron chi connectivity index (χ0n) is 18.3. The summed E-state index contributed by atoms with van der Waals surface area (Å²) in [4.78, 5) is 22.1. The van der Waals surface area contributed by atoms with Crippen LogP contribution in [0.4, 0.5) is 0 Å². The second-order valence-corrected chi connectivity index (χ2v) is 9.40. The highest BCUT2D eigenvalue weighted by molar-refractivity contribution is 5.93. The van der Waals surface area contributed by atoms with Crippen molar-refractivity contribution < 1.29 is 9.53 Å². The van der Waals surface area contributed by atoms with Crippen LogP contribution >= 0.6 is 0 Å². The first-order chi connectivity index (χ1) is 15.3. The Hall–Kier alpha value is -2.24. The Kier molecular flexibility index (Phi) is 6.32. The van der Waals surface area contributed by atoms with Gasteiger partial charge in [-0.3, -0.25) is 14.7 Å². The lowest BCUT2D eigenvalue weighted by Crippen LogP contribution is -2.46. The van der Waals surface area contributed by atoms with E-state index >= 15 is 0 Å². The molecule has 0 radical (unpaired) electrons. The first kappa shape index (κ1) is 20.7. The fourth-order valence-corrected chi connectivity index (χ4v) is 5.55.